The van der Waals surface area contributed by atoms with Crippen LogP contribution < -0.4 is 9.47 Å². The number of halogens is 3. The van der Waals surface area contributed by atoms with Gasteiger partial charge in [-0.2, -0.15) is 0 Å². The molecule has 0 spiro atoms. The number of piperidine rings is 1. The number of hydrogen-bond acceptors (Lipinski definition) is 4. The third-order valence-electron chi connectivity index (χ3n) is 4.32. The lowest BCUT2D eigenvalue weighted by atomic mass is 10.1. The Balaban J connectivity index is 1.53. The van der Waals surface area contributed by atoms with E-state index in [4.69, 9.17) is 32.7 Å². The maximum Gasteiger partial charge on any atom is 0.263 e. The summed E-state index contributed by atoms with van der Waals surface area (Å²) in [5.74, 6) is -0.270. The molecule has 1 atom stereocenters. The van der Waals surface area contributed by atoms with Gasteiger partial charge >= 0.3 is 0 Å². The first-order valence-corrected chi connectivity index (χ1v) is 9.38. The SMILES string of the molecule is C[C@H](Oc1cccc(Cl)c1Cl)C(=O)N1CCC(Oc2ncccc2F)CC1. The van der Waals surface area contributed by atoms with Gasteiger partial charge in [0, 0.05) is 32.1 Å². The number of ether oxygens (including phenoxy) is 2. The molecule has 1 aliphatic rings. The Kier molecular flexibility index (Phi) is 6.39. The summed E-state index contributed by atoms with van der Waals surface area (Å²) in [5.41, 5.74) is 0. The molecule has 0 unspecified atom stereocenters. The van der Waals surface area contributed by atoms with Gasteiger partial charge < -0.3 is 14.4 Å². The average molecular weight is 413 g/mol. The van der Waals surface area contributed by atoms with Crippen molar-refractivity contribution in [2.24, 2.45) is 0 Å². The van der Waals surface area contributed by atoms with Crippen molar-refractivity contribution in [1.29, 1.82) is 0 Å². The largest absolute Gasteiger partial charge is 0.479 e. The Bertz CT molecular complexity index is 813. The molecule has 8 heteroatoms. The molecule has 1 saturated heterocycles. The van der Waals surface area contributed by atoms with E-state index >= 15 is 0 Å². The van der Waals surface area contributed by atoms with E-state index in [0.717, 1.165) is 0 Å². The van der Waals surface area contributed by atoms with Gasteiger partial charge in [0.25, 0.3) is 11.8 Å². The van der Waals surface area contributed by atoms with Gasteiger partial charge in [-0.15, -0.1) is 0 Å². The van der Waals surface area contributed by atoms with Gasteiger partial charge in [-0.1, -0.05) is 29.3 Å². The number of carbonyl (C=O) groups is 1. The number of amides is 1. The molecule has 27 heavy (non-hydrogen) atoms. The van der Waals surface area contributed by atoms with E-state index < -0.39 is 11.9 Å². The van der Waals surface area contributed by atoms with Crippen LogP contribution in [0.5, 0.6) is 11.6 Å². The number of carbonyl (C=O) groups excluding carboxylic acids is 1. The first-order valence-electron chi connectivity index (χ1n) is 8.62. The molecule has 1 amide bonds. The lowest BCUT2D eigenvalue weighted by molar-refractivity contribution is -0.139. The molecule has 0 bridgehead atoms. The highest BCUT2D eigenvalue weighted by atomic mass is 35.5. The summed E-state index contributed by atoms with van der Waals surface area (Å²) >= 11 is 12.1. The summed E-state index contributed by atoms with van der Waals surface area (Å²) in [4.78, 5) is 18.2. The third-order valence-corrected chi connectivity index (χ3v) is 5.13. The summed E-state index contributed by atoms with van der Waals surface area (Å²) < 4.78 is 24.9. The molecule has 5 nitrogen and oxygen atoms in total. The number of rotatable bonds is 5. The van der Waals surface area contributed by atoms with Crippen LogP contribution in [0, 0.1) is 5.82 Å². The maximum atomic E-state index is 13.6. The predicted molar refractivity (Wildman–Crippen MR) is 101 cm³/mol. The minimum Gasteiger partial charge on any atom is -0.479 e. The summed E-state index contributed by atoms with van der Waals surface area (Å²) in [5, 5.41) is 0.650. The molecule has 0 saturated carbocycles. The maximum absolute atomic E-state index is 13.6. The van der Waals surface area contributed by atoms with Crippen molar-refractivity contribution in [1.82, 2.24) is 9.88 Å². The Morgan fingerprint density at radius 3 is 2.70 bits per heavy atom. The van der Waals surface area contributed by atoms with Crippen LogP contribution in [0.25, 0.3) is 0 Å². The second kappa shape index (κ2) is 8.76. The quantitative estimate of drug-likeness (QED) is 0.731. The number of pyridine rings is 1. The summed E-state index contributed by atoms with van der Waals surface area (Å²) in [7, 11) is 0. The number of aromatic nitrogens is 1. The third kappa shape index (κ3) is 4.82. The summed E-state index contributed by atoms with van der Waals surface area (Å²) in [6, 6.07) is 7.84. The molecule has 0 aliphatic carbocycles. The minimum atomic E-state index is -0.702. The van der Waals surface area contributed by atoms with Crippen molar-refractivity contribution in [2.45, 2.75) is 32.0 Å². The molecular formula is C19H19Cl2FN2O3. The summed E-state index contributed by atoms with van der Waals surface area (Å²) in [6.45, 7) is 2.66. The Morgan fingerprint density at radius 2 is 2.00 bits per heavy atom. The zero-order valence-electron chi connectivity index (χ0n) is 14.7. The highest BCUT2D eigenvalue weighted by Gasteiger charge is 2.28. The number of hydrogen-bond donors (Lipinski definition) is 0. The van der Waals surface area contributed by atoms with Gasteiger partial charge in [-0.25, -0.2) is 9.37 Å². The molecule has 144 valence electrons. The minimum absolute atomic E-state index is 0.00502. The van der Waals surface area contributed by atoms with Crippen LogP contribution in [-0.2, 0) is 4.79 Å². The zero-order valence-corrected chi connectivity index (χ0v) is 16.2. The lowest BCUT2D eigenvalue weighted by Gasteiger charge is -2.33. The average Bonchev–Trinajstić information content (AvgIpc) is 2.67. The monoisotopic (exact) mass is 412 g/mol. The smallest absolute Gasteiger partial charge is 0.263 e. The van der Waals surface area contributed by atoms with Gasteiger partial charge in [0.15, 0.2) is 11.9 Å². The molecule has 1 aromatic heterocycles. The second-order valence-corrected chi connectivity index (χ2v) is 7.03. The molecule has 1 aliphatic heterocycles. The van der Waals surface area contributed by atoms with Crippen molar-refractivity contribution in [2.75, 3.05) is 13.1 Å². The van der Waals surface area contributed by atoms with Crippen molar-refractivity contribution in [3.63, 3.8) is 0 Å². The standard InChI is InChI=1S/C19H19Cl2FN2O3/c1-12(26-16-6-2-4-14(20)17(16)21)19(25)24-10-7-13(8-11-24)27-18-15(22)5-3-9-23-18/h2-6,9,12-13H,7-8,10-11H2,1H3/t12-/m0/s1. The Labute approximate surface area is 167 Å². The van der Waals surface area contributed by atoms with E-state index in [0.29, 0.717) is 36.7 Å². The molecule has 2 aromatic rings. The molecule has 1 aromatic carbocycles. The van der Waals surface area contributed by atoms with Crippen molar-refractivity contribution < 1.29 is 18.7 Å². The fraction of sp³-hybridized carbons (Fsp3) is 0.368. The van der Waals surface area contributed by atoms with E-state index in [2.05, 4.69) is 4.98 Å². The van der Waals surface area contributed by atoms with Crippen LogP contribution in [0.1, 0.15) is 19.8 Å². The molecular weight excluding hydrogens is 394 g/mol. The van der Waals surface area contributed by atoms with E-state index in [1.807, 2.05) is 0 Å². The van der Waals surface area contributed by atoms with Gasteiger partial charge in [0.1, 0.15) is 16.9 Å². The molecule has 3 rings (SSSR count). The number of nitrogens with zero attached hydrogens (tertiary/aromatic N) is 2. The van der Waals surface area contributed by atoms with Crippen molar-refractivity contribution in [3.05, 3.63) is 52.4 Å². The number of benzene rings is 1. The van der Waals surface area contributed by atoms with Crippen molar-refractivity contribution in [3.8, 4) is 11.6 Å². The van der Waals surface area contributed by atoms with E-state index in [1.165, 1.54) is 18.3 Å². The van der Waals surface area contributed by atoms with Crippen LogP contribution in [-0.4, -0.2) is 41.1 Å². The zero-order chi connectivity index (χ0) is 19.4. The molecule has 0 radical (unpaired) electrons. The van der Waals surface area contributed by atoms with Crippen LogP contribution in [0.4, 0.5) is 4.39 Å². The fourth-order valence-corrected chi connectivity index (χ4v) is 3.22. The van der Waals surface area contributed by atoms with Gasteiger partial charge in [-0.3, -0.25) is 4.79 Å². The summed E-state index contributed by atoms with van der Waals surface area (Å²) in [6.07, 6.45) is 1.78. The normalized spacial score (nSPS) is 16.1. The number of likely N-dealkylation sites (tertiary alicyclic amines) is 1. The Morgan fingerprint density at radius 1 is 1.26 bits per heavy atom. The van der Waals surface area contributed by atoms with E-state index in [1.54, 1.807) is 30.0 Å². The second-order valence-electron chi connectivity index (χ2n) is 6.24. The van der Waals surface area contributed by atoms with Crippen LogP contribution in [0.3, 0.4) is 0 Å². The van der Waals surface area contributed by atoms with Crippen molar-refractivity contribution >= 4 is 29.1 Å². The van der Waals surface area contributed by atoms with E-state index in [9.17, 15) is 9.18 Å². The molecule has 2 heterocycles. The van der Waals surface area contributed by atoms with Gasteiger partial charge in [0.05, 0.1) is 5.02 Å². The highest BCUT2D eigenvalue weighted by Crippen LogP contribution is 2.32. The van der Waals surface area contributed by atoms with Gasteiger partial charge in [-0.05, 0) is 31.2 Å². The molecule has 0 N–H and O–H groups in total. The first kappa shape index (κ1) is 19.7. The lowest BCUT2D eigenvalue weighted by Crippen LogP contribution is -2.46. The van der Waals surface area contributed by atoms with Crippen LogP contribution in [0.2, 0.25) is 10.0 Å². The highest BCUT2D eigenvalue weighted by molar-refractivity contribution is 6.42. The van der Waals surface area contributed by atoms with Crippen LogP contribution in [0.15, 0.2) is 36.5 Å². The first-order chi connectivity index (χ1) is 13.0. The van der Waals surface area contributed by atoms with E-state index in [-0.39, 0.29) is 22.9 Å². The molecule has 1 fully saturated rings. The fourth-order valence-electron chi connectivity index (χ4n) is 2.88. The Hall–Kier alpha value is -2.05. The topological polar surface area (TPSA) is 51.7 Å². The predicted octanol–water partition coefficient (Wildman–Crippen LogP) is 4.36. The van der Waals surface area contributed by atoms with Gasteiger partial charge in [0.2, 0.25) is 0 Å². The van der Waals surface area contributed by atoms with Crippen LogP contribution >= 0.6 is 23.2 Å².